The molecule has 0 bridgehead atoms. The van der Waals surface area contributed by atoms with E-state index in [-0.39, 0.29) is 23.8 Å². The summed E-state index contributed by atoms with van der Waals surface area (Å²) in [5, 5.41) is 3.70. The number of likely N-dealkylation sites (N-methyl/N-ethyl adjacent to an activating group) is 1. The third kappa shape index (κ3) is 2.50. The number of nitrogens with one attached hydrogen (secondary N) is 1. The lowest BCUT2D eigenvalue weighted by Crippen LogP contribution is -2.48. The summed E-state index contributed by atoms with van der Waals surface area (Å²) in [4.78, 5) is 28.7. The van der Waals surface area contributed by atoms with Crippen molar-refractivity contribution in [1.29, 1.82) is 0 Å². The number of hydrogen-bond donors (Lipinski definition) is 1. The van der Waals surface area contributed by atoms with E-state index in [1.54, 1.807) is 0 Å². The van der Waals surface area contributed by atoms with Crippen LogP contribution >= 0.6 is 11.5 Å². The van der Waals surface area contributed by atoms with Crippen LogP contribution in [0.4, 0.5) is 5.13 Å². The second-order valence-corrected chi connectivity index (χ2v) is 5.39. The van der Waals surface area contributed by atoms with Crippen molar-refractivity contribution in [3.05, 3.63) is 5.82 Å². The summed E-state index contributed by atoms with van der Waals surface area (Å²) in [7, 11) is 1.51. The molecule has 1 unspecified atom stereocenters. The van der Waals surface area contributed by atoms with Crippen LogP contribution < -0.4 is 5.32 Å². The highest BCUT2D eigenvalue weighted by Crippen LogP contribution is 2.21. The van der Waals surface area contributed by atoms with E-state index in [4.69, 9.17) is 0 Å². The number of carbonyl (C=O) groups is 2. The molecule has 2 heterocycles. The topological polar surface area (TPSA) is 75.2 Å². The van der Waals surface area contributed by atoms with Crippen LogP contribution in [0.5, 0.6) is 0 Å². The third-order valence-corrected chi connectivity index (χ3v) is 3.57. The summed E-state index contributed by atoms with van der Waals surface area (Å²) in [6.45, 7) is 4.04. The predicted octanol–water partition coefficient (Wildman–Crippen LogP) is 1.22. The van der Waals surface area contributed by atoms with E-state index in [0.29, 0.717) is 18.0 Å². The van der Waals surface area contributed by atoms with Gasteiger partial charge in [-0.15, -0.1) is 0 Å². The van der Waals surface area contributed by atoms with Gasteiger partial charge in [0.05, 0.1) is 0 Å². The van der Waals surface area contributed by atoms with Gasteiger partial charge in [-0.3, -0.25) is 14.5 Å². The zero-order chi connectivity index (χ0) is 13.3. The molecule has 0 spiro atoms. The van der Waals surface area contributed by atoms with Gasteiger partial charge in [0.25, 0.3) is 5.91 Å². The van der Waals surface area contributed by atoms with Crippen LogP contribution in [-0.2, 0) is 9.59 Å². The summed E-state index contributed by atoms with van der Waals surface area (Å²) in [6, 6.07) is -0.374. The number of hydrogen-bond acceptors (Lipinski definition) is 6. The number of anilines is 1. The van der Waals surface area contributed by atoms with Crippen molar-refractivity contribution >= 4 is 28.5 Å². The Hall–Kier alpha value is -1.50. The summed E-state index contributed by atoms with van der Waals surface area (Å²) in [5.74, 6) is 0.712. The van der Waals surface area contributed by atoms with Crippen molar-refractivity contribution < 1.29 is 9.59 Å². The molecule has 7 heteroatoms. The smallest absolute Gasteiger partial charge is 0.251 e. The molecule has 1 aliphatic rings. The standard InChI is InChI=1S/C11H16N4O2S/c1-6(2)9-13-11(18-14-9)12-7-4-5-8(16)15(3)10(7)17/h6-7H,4-5H2,1-3H3,(H,12,13,14). The number of aromatic nitrogens is 2. The van der Waals surface area contributed by atoms with Crippen molar-refractivity contribution in [2.24, 2.45) is 0 Å². The van der Waals surface area contributed by atoms with Crippen molar-refractivity contribution in [2.75, 3.05) is 12.4 Å². The Morgan fingerprint density at radius 1 is 1.44 bits per heavy atom. The maximum absolute atomic E-state index is 11.9. The van der Waals surface area contributed by atoms with Gasteiger partial charge in [0.1, 0.15) is 11.9 Å². The van der Waals surface area contributed by atoms with E-state index in [9.17, 15) is 9.59 Å². The van der Waals surface area contributed by atoms with Gasteiger partial charge in [0, 0.05) is 30.9 Å². The normalized spacial score (nSPS) is 20.7. The number of nitrogens with zero attached hydrogens (tertiary/aromatic N) is 3. The van der Waals surface area contributed by atoms with Gasteiger partial charge in [0.15, 0.2) is 0 Å². The van der Waals surface area contributed by atoms with Gasteiger partial charge in [-0.05, 0) is 6.42 Å². The molecule has 0 radical (unpaired) electrons. The maximum atomic E-state index is 11.9. The number of carbonyl (C=O) groups excluding carboxylic acids is 2. The second-order valence-electron chi connectivity index (χ2n) is 4.64. The largest absolute Gasteiger partial charge is 0.348 e. The van der Waals surface area contributed by atoms with Gasteiger partial charge < -0.3 is 5.32 Å². The fourth-order valence-corrected chi connectivity index (χ4v) is 2.49. The van der Waals surface area contributed by atoms with Crippen LogP contribution in [0.3, 0.4) is 0 Å². The second kappa shape index (κ2) is 5.01. The molecule has 0 aromatic carbocycles. The van der Waals surface area contributed by atoms with Crippen molar-refractivity contribution in [3.63, 3.8) is 0 Å². The molecule has 2 amide bonds. The number of piperidine rings is 1. The maximum Gasteiger partial charge on any atom is 0.251 e. The minimum Gasteiger partial charge on any atom is -0.348 e. The molecule has 0 aliphatic carbocycles. The predicted molar refractivity (Wildman–Crippen MR) is 68.4 cm³/mol. The molecule has 6 nitrogen and oxygen atoms in total. The van der Waals surface area contributed by atoms with Crippen LogP contribution in [0, 0.1) is 0 Å². The zero-order valence-corrected chi connectivity index (χ0v) is 11.5. The molecule has 1 aromatic heterocycles. The Labute approximate surface area is 110 Å². The van der Waals surface area contributed by atoms with Gasteiger partial charge in [-0.1, -0.05) is 13.8 Å². The van der Waals surface area contributed by atoms with Gasteiger partial charge in [-0.25, -0.2) is 4.98 Å². The highest BCUT2D eigenvalue weighted by atomic mass is 32.1. The van der Waals surface area contributed by atoms with E-state index in [1.807, 2.05) is 13.8 Å². The fraction of sp³-hybridized carbons (Fsp3) is 0.636. The van der Waals surface area contributed by atoms with E-state index in [0.717, 1.165) is 5.82 Å². The number of likely N-dealkylation sites (tertiary alicyclic amines) is 1. The van der Waals surface area contributed by atoms with Crippen LogP contribution in [0.25, 0.3) is 0 Å². The molecule has 1 fully saturated rings. The molecule has 0 saturated carbocycles. The number of amides is 2. The van der Waals surface area contributed by atoms with Crippen LogP contribution in [0.1, 0.15) is 38.4 Å². The van der Waals surface area contributed by atoms with E-state index in [1.165, 1.54) is 23.5 Å². The fourth-order valence-electron chi connectivity index (χ4n) is 1.73. The van der Waals surface area contributed by atoms with E-state index in [2.05, 4.69) is 14.7 Å². The van der Waals surface area contributed by atoms with Crippen LogP contribution in [0.15, 0.2) is 0 Å². The summed E-state index contributed by atoms with van der Waals surface area (Å²) in [5.41, 5.74) is 0. The number of rotatable bonds is 3. The molecular weight excluding hydrogens is 252 g/mol. The lowest BCUT2D eigenvalue weighted by molar-refractivity contribution is -0.146. The highest BCUT2D eigenvalue weighted by Gasteiger charge is 2.32. The summed E-state index contributed by atoms with van der Waals surface area (Å²) in [6.07, 6.45) is 0.897. The molecular formula is C11H16N4O2S. The van der Waals surface area contributed by atoms with E-state index < -0.39 is 0 Å². The average Bonchev–Trinajstić information content (AvgIpc) is 2.79. The first-order valence-electron chi connectivity index (χ1n) is 5.89. The lowest BCUT2D eigenvalue weighted by Gasteiger charge is -2.27. The van der Waals surface area contributed by atoms with Crippen LogP contribution in [0.2, 0.25) is 0 Å². The quantitative estimate of drug-likeness (QED) is 0.834. The molecule has 1 aliphatic heterocycles. The zero-order valence-electron chi connectivity index (χ0n) is 10.6. The Bertz CT molecular complexity index is 471. The lowest BCUT2D eigenvalue weighted by atomic mass is 10.1. The van der Waals surface area contributed by atoms with Crippen LogP contribution in [-0.4, -0.2) is 39.2 Å². The third-order valence-electron chi connectivity index (χ3n) is 2.91. The molecule has 98 valence electrons. The van der Waals surface area contributed by atoms with Gasteiger partial charge in [-0.2, -0.15) is 4.37 Å². The summed E-state index contributed by atoms with van der Waals surface area (Å²) >= 11 is 1.25. The molecule has 2 rings (SSSR count). The minimum atomic E-state index is -0.374. The van der Waals surface area contributed by atoms with Crippen molar-refractivity contribution in [1.82, 2.24) is 14.3 Å². The Morgan fingerprint density at radius 2 is 2.17 bits per heavy atom. The first kappa shape index (κ1) is 12.9. The molecule has 1 atom stereocenters. The SMILES string of the molecule is CC(C)c1nsc(NC2CCC(=O)N(C)C2=O)n1. The first-order valence-corrected chi connectivity index (χ1v) is 6.67. The Kier molecular flexibility index (Phi) is 3.60. The Balaban J connectivity index is 2.04. The highest BCUT2D eigenvalue weighted by molar-refractivity contribution is 7.09. The first-order chi connectivity index (χ1) is 8.49. The van der Waals surface area contributed by atoms with Gasteiger partial charge >= 0.3 is 0 Å². The average molecular weight is 268 g/mol. The van der Waals surface area contributed by atoms with Crippen molar-refractivity contribution in [2.45, 2.75) is 38.6 Å². The minimum absolute atomic E-state index is 0.127. The molecule has 1 saturated heterocycles. The molecule has 18 heavy (non-hydrogen) atoms. The van der Waals surface area contributed by atoms with E-state index >= 15 is 0 Å². The molecule has 1 N–H and O–H groups in total. The summed E-state index contributed by atoms with van der Waals surface area (Å²) < 4.78 is 4.22. The Morgan fingerprint density at radius 3 is 2.78 bits per heavy atom. The number of imide groups is 1. The molecule has 1 aromatic rings. The monoisotopic (exact) mass is 268 g/mol. The van der Waals surface area contributed by atoms with Crippen molar-refractivity contribution in [3.8, 4) is 0 Å². The van der Waals surface area contributed by atoms with Gasteiger partial charge in [0.2, 0.25) is 11.0 Å².